The quantitative estimate of drug-likeness (QED) is 0.284. The molecular formula is C20H17BrClN4P. The van der Waals surface area contributed by atoms with E-state index in [4.69, 9.17) is 11.6 Å². The second kappa shape index (κ2) is 7.59. The molecule has 0 fully saturated rings. The Labute approximate surface area is 172 Å². The van der Waals surface area contributed by atoms with Gasteiger partial charge in [-0.05, 0) is 75.3 Å². The summed E-state index contributed by atoms with van der Waals surface area (Å²) in [6.45, 7) is 4.49. The number of nitrogens with one attached hydrogen (secondary N) is 2. The minimum atomic E-state index is -0.333. The molecule has 27 heavy (non-hydrogen) atoms. The van der Waals surface area contributed by atoms with E-state index in [9.17, 15) is 0 Å². The van der Waals surface area contributed by atoms with E-state index < -0.39 is 0 Å². The molecule has 0 aliphatic heterocycles. The summed E-state index contributed by atoms with van der Waals surface area (Å²) in [6, 6.07) is 15.0. The van der Waals surface area contributed by atoms with E-state index in [0.717, 1.165) is 15.7 Å². The standard InChI is InChI=1S/C20H17BrClN4P/c1-27(2)17-10-13(14-5-3-4-12-8-9-23-18(12)14)6-7-16(17)25-19-15(21)11-24-20(22)26-19/h3-11,23H,1-2H3,(H,24,25,26). The Bertz CT molecular complexity index is 1130. The molecule has 136 valence electrons. The lowest BCUT2D eigenvalue weighted by Crippen LogP contribution is -2.09. The Hall–Kier alpha value is -1.94. The van der Waals surface area contributed by atoms with Crippen LogP contribution in [0, 0.1) is 0 Å². The molecule has 4 nitrogen and oxygen atoms in total. The molecule has 0 amide bonds. The Morgan fingerprint density at radius 2 is 2.00 bits per heavy atom. The van der Waals surface area contributed by atoms with Crippen molar-refractivity contribution in [3.8, 4) is 11.1 Å². The van der Waals surface area contributed by atoms with Crippen molar-refractivity contribution in [1.29, 1.82) is 0 Å². The smallest absolute Gasteiger partial charge is 0.224 e. The highest BCUT2D eigenvalue weighted by Crippen LogP contribution is 2.35. The summed E-state index contributed by atoms with van der Waals surface area (Å²) in [5.41, 5.74) is 4.59. The van der Waals surface area contributed by atoms with Gasteiger partial charge in [-0.1, -0.05) is 32.2 Å². The van der Waals surface area contributed by atoms with Crippen LogP contribution in [0.3, 0.4) is 0 Å². The normalized spacial score (nSPS) is 11.3. The van der Waals surface area contributed by atoms with Gasteiger partial charge >= 0.3 is 0 Å². The summed E-state index contributed by atoms with van der Waals surface area (Å²) >= 11 is 9.43. The van der Waals surface area contributed by atoms with Gasteiger partial charge < -0.3 is 10.3 Å². The fourth-order valence-corrected chi connectivity index (χ4v) is 4.49. The van der Waals surface area contributed by atoms with Crippen LogP contribution >= 0.6 is 35.5 Å². The largest absolute Gasteiger partial charge is 0.361 e. The van der Waals surface area contributed by atoms with E-state index in [1.54, 1.807) is 6.20 Å². The molecule has 0 aliphatic carbocycles. The predicted octanol–water partition coefficient (Wildman–Crippen LogP) is 6.15. The van der Waals surface area contributed by atoms with Crippen molar-refractivity contribution in [2.24, 2.45) is 0 Å². The zero-order valence-electron chi connectivity index (χ0n) is 14.8. The van der Waals surface area contributed by atoms with Gasteiger partial charge in [-0.15, -0.1) is 0 Å². The highest BCUT2D eigenvalue weighted by atomic mass is 79.9. The molecule has 2 heterocycles. The van der Waals surface area contributed by atoms with Crippen molar-refractivity contribution in [3.63, 3.8) is 0 Å². The van der Waals surface area contributed by atoms with Gasteiger partial charge in [0.25, 0.3) is 0 Å². The lowest BCUT2D eigenvalue weighted by Gasteiger charge is -2.17. The van der Waals surface area contributed by atoms with Gasteiger partial charge in [0, 0.05) is 23.6 Å². The minimum Gasteiger partial charge on any atom is -0.361 e. The zero-order chi connectivity index (χ0) is 19.0. The van der Waals surface area contributed by atoms with E-state index >= 15 is 0 Å². The van der Waals surface area contributed by atoms with Crippen molar-refractivity contribution in [3.05, 3.63) is 64.6 Å². The Morgan fingerprint density at radius 1 is 1.15 bits per heavy atom. The first-order valence-corrected chi connectivity index (χ1v) is 11.8. The molecule has 0 radical (unpaired) electrons. The maximum Gasteiger partial charge on any atom is 0.224 e. The molecule has 4 rings (SSSR count). The van der Waals surface area contributed by atoms with Crippen molar-refractivity contribution in [1.82, 2.24) is 15.0 Å². The van der Waals surface area contributed by atoms with Crippen molar-refractivity contribution in [2.75, 3.05) is 18.6 Å². The van der Waals surface area contributed by atoms with Crippen LogP contribution in [0.15, 0.2) is 59.3 Å². The first kappa shape index (κ1) is 18.4. The van der Waals surface area contributed by atoms with Crippen LogP contribution < -0.4 is 10.6 Å². The fraction of sp³-hybridized carbons (Fsp3) is 0.100. The summed E-state index contributed by atoms with van der Waals surface area (Å²) in [6.07, 6.45) is 3.63. The lowest BCUT2D eigenvalue weighted by atomic mass is 10.0. The molecule has 2 aromatic heterocycles. The molecule has 4 aromatic rings. The number of H-pyrrole nitrogens is 1. The molecule has 2 N–H and O–H groups in total. The van der Waals surface area contributed by atoms with E-state index in [2.05, 4.69) is 92.0 Å². The highest BCUT2D eigenvalue weighted by molar-refractivity contribution is 9.10. The van der Waals surface area contributed by atoms with Crippen LogP contribution in [0.4, 0.5) is 11.5 Å². The van der Waals surface area contributed by atoms with E-state index in [1.807, 2.05) is 6.20 Å². The van der Waals surface area contributed by atoms with Gasteiger partial charge in [-0.25, -0.2) is 4.98 Å². The van der Waals surface area contributed by atoms with Gasteiger partial charge in [0.2, 0.25) is 5.28 Å². The van der Waals surface area contributed by atoms with Crippen LogP contribution in [0.1, 0.15) is 0 Å². The van der Waals surface area contributed by atoms with Crippen molar-refractivity contribution < 1.29 is 0 Å². The number of benzene rings is 2. The lowest BCUT2D eigenvalue weighted by molar-refractivity contribution is 1.15. The number of anilines is 2. The number of halogens is 2. The SMILES string of the molecule is CP(C)c1cc(-c2cccc3cc[nH]c23)ccc1Nc1nc(Cl)ncc1Br. The van der Waals surface area contributed by atoms with E-state index in [1.165, 1.54) is 21.8 Å². The molecule has 0 bridgehead atoms. The number of aromatic nitrogens is 3. The van der Waals surface area contributed by atoms with Gasteiger partial charge in [0.1, 0.15) is 5.82 Å². The van der Waals surface area contributed by atoms with E-state index in [-0.39, 0.29) is 13.2 Å². The second-order valence-corrected chi connectivity index (χ2v) is 9.80. The molecule has 0 saturated heterocycles. The Morgan fingerprint density at radius 3 is 2.81 bits per heavy atom. The summed E-state index contributed by atoms with van der Waals surface area (Å²) in [5, 5.41) is 6.10. The zero-order valence-corrected chi connectivity index (χ0v) is 18.0. The summed E-state index contributed by atoms with van der Waals surface area (Å²) in [5.74, 6) is 0.660. The van der Waals surface area contributed by atoms with Crippen LogP contribution in [-0.4, -0.2) is 28.3 Å². The van der Waals surface area contributed by atoms with Crippen molar-refractivity contribution in [2.45, 2.75) is 0 Å². The third kappa shape index (κ3) is 3.73. The first-order chi connectivity index (χ1) is 13.0. The van der Waals surface area contributed by atoms with Crippen LogP contribution in [0.25, 0.3) is 22.0 Å². The molecule has 0 atom stereocenters. The third-order valence-electron chi connectivity index (χ3n) is 4.35. The number of hydrogen-bond acceptors (Lipinski definition) is 3. The van der Waals surface area contributed by atoms with Gasteiger partial charge in [0.15, 0.2) is 0 Å². The number of para-hydroxylation sites is 1. The number of nitrogens with zero attached hydrogens (tertiary/aromatic N) is 2. The molecule has 0 spiro atoms. The van der Waals surface area contributed by atoms with Gasteiger partial charge in [-0.2, -0.15) is 4.98 Å². The minimum absolute atomic E-state index is 0.215. The molecule has 0 aliphatic rings. The molecule has 0 unspecified atom stereocenters. The van der Waals surface area contributed by atoms with Gasteiger partial charge in [0.05, 0.1) is 9.99 Å². The summed E-state index contributed by atoms with van der Waals surface area (Å²) in [7, 11) is -0.333. The monoisotopic (exact) mass is 458 g/mol. The second-order valence-electron chi connectivity index (χ2n) is 6.33. The summed E-state index contributed by atoms with van der Waals surface area (Å²) in [4.78, 5) is 11.6. The Kier molecular flexibility index (Phi) is 5.18. The molecule has 0 saturated carbocycles. The molecule has 7 heteroatoms. The van der Waals surface area contributed by atoms with Crippen LogP contribution in [0.5, 0.6) is 0 Å². The number of fused-ring (bicyclic) bond motifs is 1. The number of hydrogen-bond donors (Lipinski definition) is 2. The first-order valence-electron chi connectivity index (χ1n) is 8.36. The van der Waals surface area contributed by atoms with Crippen LogP contribution in [-0.2, 0) is 0 Å². The Balaban J connectivity index is 1.79. The average molecular weight is 460 g/mol. The highest BCUT2D eigenvalue weighted by Gasteiger charge is 2.13. The number of rotatable bonds is 4. The molecule has 2 aromatic carbocycles. The van der Waals surface area contributed by atoms with Crippen LogP contribution in [0.2, 0.25) is 5.28 Å². The number of aromatic amines is 1. The maximum absolute atomic E-state index is 5.95. The topological polar surface area (TPSA) is 53.6 Å². The predicted molar refractivity (Wildman–Crippen MR) is 120 cm³/mol. The van der Waals surface area contributed by atoms with Gasteiger partial charge in [-0.3, -0.25) is 0 Å². The van der Waals surface area contributed by atoms with E-state index in [0.29, 0.717) is 5.82 Å². The summed E-state index contributed by atoms with van der Waals surface area (Å²) < 4.78 is 0.773. The fourth-order valence-electron chi connectivity index (χ4n) is 3.06. The van der Waals surface area contributed by atoms with Crippen molar-refractivity contribution >= 4 is 63.2 Å². The average Bonchev–Trinajstić information content (AvgIpc) is 3.13. The maximum atomic E-state index is 5.95. The third-order valence-corrected chi connectivity index (χ3v) is 6.44. The molecular weight excluding hydrogens is 443 g/mol.